The number of benzene rings is 4. The van der Waals surface area contributed by atoms with E-state index in [0.717, 1.165) is 22.5 Å². The lowest BCUT2D eigenvalue weighted by molar-refractivity contribution is -0.114. The fraction of sp³-hybridized carbons (Fsp3) is 0.0645. The minimum atomic E-state index is -1.09. The minimum absolute atomic E-state index is 0.153. The molecular formula is C31H24N4O2S2. The van der Waals surface area contributed by atoms with E-state index in [1.54, 1.807) is 9.91 Å². The van der Waals surface area contributed by atoms with Crippen molar-refractivity contribution in [3.8, 4) is 0 Å². The van der Waals surface area contributed by atoms with E-state index in [4.69, 9.17) is 5.10 Å². The molecule has 1 saturated heterocycles. The molecule has 2 amide bonds. The Morgan fingerprint density at radius 2 is 1.41 bits per heavy atom. The lowest BCUT2D eigenvalue weighted by Crippen LogP contribution is -2.51. The Hall–Kier alpha value is -4.27. The summed E-state index contributed by atoms with van der Waals surface area (Å²) in [5.41, 5.74) is 4.19. The number of para-hydroxylation sites is 2. The van der Waals surface area contributed by atoms with E-state index >= 15 is 0 Å². The predicted molar refractivity (Wildman–Crippen MR) is 162 cm³/mol. The minimum Gasteiger partial charge on any atom is -0.320 e. The Bertz CT molecular complexity index is 1580. The average Bonchev–Trinajstić information content (AvgIpc) is 3.47. The number of amides is 2. The molecule has 2 aliphatic heterocycles. The van der Waals surface area contributed by atoms with Gasteiger partial charge in [0.05, 0.1) is 10.6 Å². The van der Waals surface area contributed by atoms with Crippen LogP contribution in [0.1, 0.15) is 11.1 Å². The van der Waals surface area contributed by atoms with Crippen LogP contribution in [0.3, 0.4) is 0 Å². The van der Waals surface area contributed by atoms with E-state index in [1.807, 2.05) is 128 Å². The number of hydrogen-bond acceptors (Lipinski definition) is 6. The van der Waals surface area contributed by atoms with Crippen molar-refractivity contribution in [2.24, 2.45) is 5.10 Å². The molecular weight excluding hydrogens is 525 g/mol. The van der Waals surface area contributed by atoms with Gasteiger partial charge in [-0.3, -0.25) is 14.5 Å². The lowest BCUT2D eigenvalue weighted by atomic mass is 10.2. The first-order chi connectivity index (χ1) is 19.0. The molecule has 0 radical (unpaired) electrons. The summed E-state index contributed by atoms with van der Waals surface area (Å²) in [6.45, 7) is 2.02. The zero-order chi connectivity index (χ0) is 26.8. The van der Waals surface area contributed by atoms with Crippen LogP contribution < -0.4 is 15.2 Å². The van der Waals surface area contributed by atoms with E-state index in [2.05, 4.69) is 5.32 Å². The number of hydrazone groups is 1. The van der Waals surface area contributed by atoms with Crippen molar-refractivity contribution in [1.29, 1.82) is 0 Å². The second-order valence-corrected chi connectivity index (χ2v) is 11.7. The maximum Gasteiger partial charge on any atom is 0.282 e. The Labute approximate surface area is 235 Å². The van der Waals surface area contributed by atoms with E-state index in [1.165, 1.54) is 23.5 Å². The second-order valence-electron chi connectivity index (χ2n) is 9.02. The molecule has 2 heterocycles. The molecule has 0 unspecified atom stereocenters. The molecule has 4 aromatic rings. The first-order valence-corrected chi connectivity index (χ1v) is 14.0. The fourth-order valence-corrected chi connectivity index (χ4v) is 7.25. The standard InChI is InChI=1S/C31H24N4O2S2/c1-22-17-19-26(20-18-22)35-31(39-29(33-35)28(36)32-24-13-7-3-8-14-24)34(25-15-9-4-10-16-25)30(37)27(38-31)21-23-11-5-2-6-12-23/h2-21H,1H3,(H,32,36)/b27-21+/t31-/m0/s1. The summed E-state index contributed by atoms with van der Waals surface area (Å²) in [5.74, 6) is -0.485. The van der Waals surface area contributed by atoms with Gasteiger partial charge in [-0.05, 0) is 66.7 Å². The van der Waals surface area contributed by atoms with Crippen molar-refractivity contribution >= 4 is 63.5 Å². The Kier molecular flexibility index (Phi) is 6.72. The summed E-state index contributed by atoms with van der Waals surface area (Å²) >= 11 is 2.66. The Balaban J connectivity index is 1.47. The predicted octanol–water partition coefficient (Wildman–Crippen LogP) is 6.93. The maximum atomic E-state index is 14.1. The number of thioether (sulfide) groups is 2. The summed E-state index contributed by atoms with van der Waals surface area (Å²) < 4.78 is -1.09. The van der Waals surface area contributed by atoms with Crippen molar-refractivity contribution in [3.05, 3.63) is 131 Å². The highest BCUT2D eigenvalue weighted by molar-refractivity contribution is 8.29. The normalized spacial score (nSPS) is 19.6. The van der Waals surface area contributed by atoms with Gasteiger partial charge in [-0.2, -0.15) is 5.10 Å². The molecule has 0 aliphatic carbocycles. The molecule has 4 aromatic carbocycles. The lowest BCUT2D eigenvalue weighted by Gasteiger charge is -2.38. The molecule has 6 nitrogen and oxygen atoms in total. The highest BCUT2D eigenvalue weighted by Crippen LogP contribution is 2.59. The average molecular weight is 549 g/mol. The number of aryl methyl sites for hydroxylation is 1. The van der Waals surface area contributed by atoms with Gasteiger partial charge in [0.15, 0.2) is 5.04 Å². The summed E-state index contributed by atoms with van der Waals surface area (Å²) in [6, 6.07) is 36.5. The van der Waals surface area contributed by atoms with Gasteiger partial charge in [-0.25, -0.2) is 5.01 Å². The van der Waals surface area contributed by atoms with Crippen LogP contribution in [-0.4, -0.2) is 21.2 Å². The zero-order valence-electron chi connectivity index (χ0n) is 21.0. The van der Waals surface area contributed by atoms with Crippen LogP contribution in [0.4, 0.5) is 17.1 Å². The fourth-order valence-electron chi connectivity index (χ4n) is 4.37. The van der Waals surface area contributed by atoms with Crippen LogP contribution in [0.25, 0.3) is 6.08 Å². The summed E-state index contributed by atoms with van der Waals surface area (Å²) in [4.78, 5) is 29.9. The molecule has 192 valence electrons. The van der Waals surface area contributed by atoms with E-state index in [0.29, 0.717) is 10.6 Å². The number of nitrogens with one attached hydrogen (secondary N) is 1. The first kappa shape index (κ1) is 25.0. The van der Waals surface area contributed by atoms with Crippen molar-refractivity contribution in [3.63, 3.8) is 0 Å². The highest BCUT2D eigenvalue weighted by atomic mass is 32.2. The van der Waals surface area contributed by atoms with Crippen LogP contribution in [0.5, 0.6) is 0 Å². The van der Waals surface area contributed by atoms with Gasteiger partial charge in [0.2, 0.25) is 4.33 Å². The van der Waals surface area contributed by atoms with Gasteiger partial charge in [-0.15, -0.1) is 0 Å². The molecule has 0 saturated carbocycles. The van der Waals surface area contributed by atoms with Crippen molar-refractivity contribution < 1.29 is 9.59 Å². The van der Waals surface area contributed by atoms with Gasteiger partial charge in [0.25, 0.3) is 11.8 Å². The molecule has 2 aliphatic rings. The molecule has 39 heavy (non-hydrogen) atoms. The zero-order valence-corrected chi connectivity index (χ0v) is 22.7. The summed E-state index contributed by atoms with van der Waals surface area (Å²) in [6.07, 6.45) is 1.90. The Morgan fingerprint density at radius 1 is 0.795 bits per heavy atom. The monoisotopic (exact) mass is 548 g/mol. The number of carbonyl (C=O) groups excluding carboxylic acids is 2. The van der Waals surface area contributed by atoms with Crippen molar-refractivity contribution in [1.82, 2.24) is 0 Å². The van der Waals surface area contributed by atoms with Crippen molar-refractivity contribution in [2.45, 2.75) is 11.3 Å². The van der Waals surface area contributed by atoms with Gasteiger partial charge < -0.3 is 5.32 Å². The highest BCUT2D eigenvalue weighted by Gasteiger charge is 2.60. The number of nitrogens with zero attached hydrogens (tertiary/aromatic N) is 3. The second kappa shape index (κ2) is 10.5. The topological polar surface area (TPSA) is 65.0 Å². The third kappa shape index (κ3) is 4.84. The van der Waals surface area contributed by atoms with Gasteiger partial charge in [0.1, 0.15) is 0 Å². The first-order valence-electron chi connectivity index (χ1n) is 12.4. The van der Waals surface area contributed by atoms with Crippen LogP contribution in [0, 0.1) is 6.92 Å². The van der Waals surface area contributed by atoms with Crippen molar-refractivity contribution in [2.75, 3.05) is 15.2 Å². The number of anilines is 3. The molecule has 1 spiro atoms. The van der Waals surface area contributed by atoms with Crippen LogP contribution in [0.15, 0.2) is 125 Å². The molecule has 0 bridgehead atoms. The molecule has 1 atom stereocenters. The maximum absolute atomic E-state index is 14.1. The number of hydrogen-bond donors (Lipinski definition) is 1. The molecule has 1 N–H and O–H groups in total. The quantitative estimate of drug-likeness (QED) is 0.274. The largest absolute Gasteiger partial charge is 0.320 e. The number of carbonyl (C=O) groups is 2. The molecule has 1 fully saturated rings. The van der Waals surface area contributed by atoms with E-state index in [-0.39, 0.29) is 16.9 Å². The molecule has 0 aromatic heterocycles. The third-order valence-electron chi connectivity index (χ3n) is 6.24. The molecule has 6 rings (SSSR count). The van der Waals surface area contributed by atoms with E-state index < -0.39 is 4.33 Å². The van der Waals surface area contributed by atoms with Crippen LogP contribution >= 0.6 is 23.5 Å². The van der Waals surface area contributed by atoms with E-state index in [9.17, 15) is 9.59 Å². The SMILES string of the molecule is Cc1ccc(N2N=C(C(=O)Nc3ccccc3)S[C@]23S/C(=C/c2ccccc2)C(=O)N3c2ccccc2)cc1. The third-order valence-corrected chi connectivity index (χ3v) is 8.96. The van der Waals surface area contributed by atoms with Gasteiger partial charge in [-0.1, -0.05) is 96.2 Å². The smallest absolute Gasteiger partial charge is 0.282 e. The summed E-state index contributed by atoms with van der Waals surface area (Å²) in [7, 11) is 0. The van der Waals surface area contributed by atoms with Gasteiger partial charge in [0, 0.05) is 11.4 Å². The van der Waals surface area contributed by atoms with Crippen LogP contribution in [-0.2, 0) is 9.59 Å². The van der Waals surface area contributed by atoms with Crippen LogP contribution in [0.2, 0.25) is 0 Å². The Morgan fingerprint density at radius 3 is 2.08 bits per heavy atom. The number of rotatable bonds is 5. The molecule has 8 heteroatoms. The van der Waals surface area contributed by atoms with Gasteiger partial charge >= 0.3 is 0 Å². The summed E-state index contributed by atoms with van der Waals surface area (Å²) in [5, 5.41) is 9.83.